The largest absolute Gasteiger partial charge is 0.496 e. The number of benzene rings is 1. The number of hydrogen-bond donors (Lipinski definition) is 1. The van der Waals surface area contributed by atoms with Gasteiger partial charge in [-0.15, -0.1) is 0 Å². The van der Waals surface area contributed by atoms with Gasteiger partial charge in [-0.3, -0.25) is 4.79 Å². The van der Waals surface area contributed by atoms with Crippen LogP contribution in [0.5, 0.6) is 11.5 Å². The molecule has 0 spiro atoms. The van der Waals surface area contributed by atoms with Crippen molar-refractivity contribution in [2.24, 2.45) is 0 Å². The first kappa shape index (κ1) is 13.9. The number of carbonyl (C=O) groups excluding carboxylic acids is 1. The molecule has 7 heteroatoms. The van der Waals surface area contributed by atoms with Crippen molar-refractivity contribution < 1.29 is 33.0 Å². The fraction of sp³-hybridized carbons (Fsp3) is 0.273. The van der Waals surface area contributed by atoms with E-state index < -0.39 is 23.7 Å². The smallest absolute Gasteiger partial charge is 0.377 e. The van der Waals surface area contributed by atoms with E-state index in [2.05, 4.69) is 0 Å². The predicted molar refractivity (Wildman–Crippen MR) is 56.5 cm³/mol. The highest BCUT2D eigenvalue weighted by molar-refractivity contribution is 6.40. The molecule has 5 nitrogen and oxygen atoms in total. The summed E-state index contributed by atoms with van der Waals surface area (Å²) in [5, 5.41) is 8.60. The lowest BCUT2D eigenvalue weighted by molar-refractivity contribution is -0.131. The number of ketones is 1. The summed E-state index contributed by atoms with van der Waals surface area (Å²) >= 11 is 0. The Morgan fingerprint density at radius 1 is 1.17 bits per heavy atom. The van der Waals surface area contributed by atoms with Gasteiger partial charge in [0.2, 0.25) is 0 Å². The average Bonchev–Trinajstić information content (AvgIpc) is 2.35. The van der Waals surface area contributed by atoms with Gasteiger partial charge in [0.05, 0.1) is 25.3 Å². The lowest BCUT2D eigenvalue weighted by Gasteiger charge is -2.12. The van der Waals surface area contributed by atoms with Crippen molar-refractivity contribution >= 4 is 11.8 Å². The molecule has 1 N–H and O–H groups in total. The van der Waals surface area contributed by atoms with Gasteiger partial charge in [0.25, 0.3) is 12.2 Å². The fourth-order valence-corrected chi connectivity index (χ4v) is 1.38. The van der Waals surface area contributed by atoms with Crippen molar-refractivity contribution in [2.75, 3.05) is 14.2 Å². The minimum atomic E-state index is -2.83. The minimum Gasteiger partial charge on any atom is -0.496 e. The van der Waals surface area contributed by atoms with Gasteiger partial charge < -0.3 is 14.6 Å². The lowest BCUT2D eigenvalue weighted by atomic mass is 10.1. The highest BCUT2D eigenvalue weighted by atomic mass is 19.3. The van der Waals surface area contributed by atoms with E-state index in [1.165, 1.54) is 0 Å². The highest BCUT2D eigenvalue weighted by Gasteiger charge is 2.24. The van der Waals surface area contributed by atoms with Crippen LogP contribution in [0, 0.1) is 0 Å². The molecule has 1 aromatic rings. The van der Waals surface area contributed by atoms with Gasteiger partial charge in [0.1, 0.15) is 11.5 Å². The minimum absolute atomic E-state index is 0.237. The van der Waals surface area contributed by atoms with Gasteiger partial charge in [0, 0.05) is 0 Å². The number of Topliss-reactive ketones (excluding diaryl/α,β-unsaturated/α-hetero) is 1. The van der Waals surface area contributed by atoms with Crippen molar-refractivity contribution in [3.8, 4) is 11.5 Å². The maximum atomic E-state index is 12.7. The van der Waals surface area contributed by atoms with Crippen LogP contribution in [0.4, 0.5) is 8.78 Å². The summed E-state index contributed by atoms with van der Waals surface area (Å²) in [5.41, 5.74) is -0.817. The third kappa shape index (κ3) is 2.55. The first-order chi connectivity index (χ1) is 8.42. The standard InChI is InChI=1S/C11H10F2O5/c1-17-7-4-6(10(12)13)8(18-2)3-5(7)9(14)11(15)16/h3-4,10H,1-2H3,(H,15,16). The first-order valence-electron chi connectivity index (χ1n) is 4.74. The molecule has 18 heavy (non-hydrogen) atoms. The molecule has 0 heterocycles. The van der Waals surface area contributed by atoms with E-state index in [-0.39, 0.29) is 17.1 Å². The van der Waals surface area contributed by atoms with Gasteiger partial charge >= 0.3 is 5.97 Å². The van der Waals surface area contributed by atoms with E-state index >= 15 is 0 Å². The highest BCUT2D eigenvalue weighted by Crippen LogP contribution is 2.35. The quantitative estimate of drug-likeness (QED) is 0.646. The third-order valence-electron chi connectivity index (χ3n) is 2.23. The number of aliphatic carboxylic acids is 1. The Hall–Kier alpha value is -2.18. The zero-order valence-electron chi connectivity index (χ0n) is 9.57. The molecule has 1 rings (SSSR count). The van der Waals surface area contributed by atoms with Crippen molar-refractivity contribution in [3.05, 3.63) is 23.3 Å². The number of carboxylic acids is 1. The molecular formula is C11H10F2O5. The van der Waals surface area contributed by atoms with Gasteiger partial charge in [-0.25, -0.2) is 13.6 Å². The second-order valence-electron chi connectivity index (χ2n) is 3.23. The number of hydrogen-bond acceptors (Lipinski definition) is 4. The number of rotatable bonds is 5. The van der Waals surface area contributed by atoms with Crippen molar-refractivity contribution in [1.82, 2.24) is 0 Å². The second-order valence-corrected chi connectivity index (χ2v) is 3.23. The average molecular weight is 260 g/mol. The molecule has 0 saturated carbocycles. The molecule has 98 valence electrons. The van der Waals surface area contributed by atoms with Gasteiger partial charge in [0.15, 0.2) is 0 Å². The number of ether oxygens (including phenoxy) is 2. The molecule has 0 atom stereocenters. The zero-order valence-corrected chi connectivity index (χ0v) is 9.57. The fourth-order valence-electron chi connectivity index (χ4n) is 1.38. The summed E-state index contributed by atoms with van der Waals surface area (Å²) in [6.45, 7) is 0. The summed E-state index contributed by atoms with van der Waals surface area (Å²) in [6.07, 6.45) is -2.83. The van der Waals surface area contributed by atoms with Crippen LogP contribution in [0.1, 0.15) is 22.3 Å². The summed E-state index contributed by atoms with van der Waals surface area (Å²) in [4.78, 5) is 21.9. The van der Waals surface area contributed by atoms with Crippen LogP contribution in [0.3, 0.4) is 0 Å². The molecule has 1 aromatic carbocycles. The number of halogens is 2. The van der Waals surface area contributed by atoms with Crippen LogP contribution in [0.25, 0.3) is 0 Å². The molecule has 0 amide bonds. The topological polar surface area (TPSA) is 72.8 Å². The van der Waals surface area contributed by atoms with Crippen molar-refractivity contribution in [3.63, 3.8) is 0 Å². The number of carboxylic acid groups (broad SMARTS) is 1. The van der Waals surface area contributed by atoms with E-state index in [1.54, 1.807) is 0 Å². The molecule has 0 radical (unpaired) electrons. The van der Waals surface area contributed by atoms with E-state index in [0.717, 1.165) is 26.4 Å². The molecule has 0 aliphatic heterocycles. The lowest BCUT2D eigenvalue weighted by Crippen LogP contribution is -2.14. The summed E-state index contributed by atoms with van der Waals surface area (Å²) in [6, 6.07) is 1.82. The predicted octanol–water partition coefficient (Wildman–Crippen LogP) is 1.91. The summed E-state index contributed by atoms with van der Waals surface area (Å²) in [5.74, 6) is -3.47. The van der Waals surface area contributed by atoms with E-state index in [0.29, 0.717) is 0 Å². The first-order valence-corrected chi connectivity index (χ1v) is 4.74. The number of methoxy groups -OCH3 is 2. The maximum Gasteiger partial charge on any atom is 0.377 e. The van der Waals surface area contributed by atoms with E-state index in [1.807, 2.05) is 0 Å². The molecule has 0 saturated heterocycles. The SMILES string of the molecule is COc1cc(C(F)F)c(OC)cc1C(=O)C(=O)O. The van der Waals surface area contributed by atoms with Gasteiger partial charge in [-0.05, 0) is 12.1 Å². The Balaban J connectivity index is 3.44. The normalized spacial score (nSPS) is 10.3. The van der Waals surface area contributed by atoms with Crippen molar-refractivity contribution in [1.29, 1.82) is 0 Å². The number of carbonyl (C=O) groups is 2. The Morgan fingerprint density at radius 2 is 1.72 bits per heavy atom. The Kier molecular flexibility index (Phi) is 4.19. The molecular weight excluding hydrogens is 250 g/mol. The van der Waals surface area contributed by atoms with Crippen LogP contribution in [0.15, 0.2) is 12.1 Å². The Labute approximate surface area is 101 Å². The van der Waals surface area contributed by atoms with Crippen LogP contribution < -0.4 is 9.47 Å². The van der Waals surface area contributed by atoms with E-state index in [4.69, 9.17) is 14.6 Å². The van der Waals surface area contributed by atoms with Crippen LogP contribution in [-0.2, 0) is 4.79 Å². The molecule has 0 bridgehead atoms. The van der Waals surface area contributed by atoms with Gasteiger partial charge in [-0.2, -0.15) is 0 Å². The van der Waals surface area contributed by atoms with Crippen LogP contribution in [-0.4, -0.2) is 31.1 Å². The Morgan fingerprint density at radius 3 is 2.11 bits per heavy atom. The molecule has 0 aromatic heterocycles. The summed E-state index contributed by atoms with van der Waals surface area (Å²) in [7, 11) is 2.29. The Bertz CT molecular complexity index is 485. The van der Waals surface area contributed by atoms with Gasteiger partial charge in [-0.1, -0.05) is 0 Å². The van der Waals surface area contributed by atoms with Crippen LogP contribution in [0.2, 0.25) is 0 Å². The monoisotopic (exact) mass is 260 g/mol. The molecule has 0 aliphatic rings. The number of alkyl halides is 2. The zero-order chi connectivity index (χ0) is 13.9. The maximum absolute atomic E-state index is 12.7. The van der Waals surface area contributed by atoms with Crippen molar-refractivity contribution in [2.45, 2.75) is 6.43 Å². The molecule has 0 unspecified atom stereocenters. The third-order valence-corrected chi connectivity index (χ3v) is 2.23. The second kappa shape index (κ2) is 5.44. The van der Waals surface area contributed by atoms with Crippen LogP contribution >= 0.6 is 0 Å². The van der Waals surface area contributed by atoms with E-state index in [9.17, 15) is 18.4 Å². The molecule has 0 fully saturated rings. The molecule has 0 aliphatic carbocycles. The summed E-state index contributed by atoms with van der Waals surface area (Å²) < 4.78 is 34.8.